The first-order valence-corrected chi connectivity index (χ1v) is 16.2. The number of ether oxygens (including phenoxy) is 1. The lowest BCUT2D eigenvalue weighted by Gasteiger charge is -2.36. The van der Waals surface area contributed by atoms with Crippen LogP contribution in [0.2, 0.25) is 18.1 Å². The zero-order valence-electron chi connectivity index (χ0n) is 23.1. The molecule has 0 atom stereocenters. The number of rotatable bonds is 9. The van der Waals surface area contributed by atoms with Gasteiger partial charge in [-0.25, -0.2) is 9.18 Å². The summed E-state index contributed by atoms with van der Waals surface area (Å²) < 4.78 is 31.8. The van der Waals surface area contributed by atoms with Crippen LogP contribution in [0.3, 0.4) is 0 Å². The minimum Gasteiger partial charge on any atom is -0.489 e. The summed E-state index contributed by atoms with van der Waals surface area (Å²) >= 11 is 0. The molecule has 0 bridgehead atoms. The highest BCUT2D eigenvalue weighted by Crippen LogP contribution is 2.38. The fourth-order valence-corrected chi connectivity index (χ4v) is 5.48. The lowest BCUT2D eigenvalue weighted by Crippen LogP contribution is -2.40. The van der Waals surface area contributed by atoms with Crippen molar-refractivity contribution in [2.45, 2.75) is 77.8 Å². The van der Waals surface area contributed by atoms with Crippen LogP contribution in [-0.4, -0.2) is 42.7 Å². The lowest BCUT2D eigenvalue weighted by atomic mass is 9.91. The second-order valence-corrected chi connectivity index (χ2v) is 16.6. The number of aryl methyl sites for hydroxylation is 1. The summed E-state index contributed by atoms with van der Waals surface area (Å²) in [5, 5.41) is 14.7. The molecule has 4 rings (SSSR count). The maximum atomic E-state index is 13.3. The van der Waals surface area contributed by atoms with E-state index in [-0.39, 0.29) is 10.9 Å². The fourth-order valence-electron chi connectivity index (χ4n) is 4.54. The quantitative estimate of drug-likeness (QED) is 0.284. The molecule has 38 heavy (non-hydrogen) atoms. The van der Waals surface area contributed by atoms with Gasteiger partial charge in [-0.05, 0) is 85.6 Å². The van der Waals surface area contributed by atoms with Crippen LogP contribution in [0.5, 0.6) is 5.75 Å². The Morgan fingerprint density at radius 1 is 1.13 bits per heavy atom. The van der Waals surface area contributed by atoms with E-state index in [9.17, 15) is 14.3 Å². The second-order valence-electron chi connectivity index (χ2n) is 11.8. The third kappa shape index (κ3) is 6.56. The second kappa shape index (κ2) is 11.5. The number of fused-ring (bicyclic) bond motifs is 1. The topological polar surface area (TPSA) is 85.0 Å². The minimum atomic E-state index is -2.03. The molecule has 2 heterocycles. The van der Waals surface area contributed by atoms with Crippen LogP contribution in [0.15, 0.2) is 40.9 Å². The van der Waals surface area contributed by atoms with Crippen LogP contribution in [0.1, 0.15) is 56.9 Å². The molecule has 0 radical (unpaired) electrons. The molecule has 0 saturated carbocycles. The number of aromatic nitrogens is 1. The normalized spacial score (nSPS) is 15.3. The number of carboxylic acid groups (broad SMARTS) is 1. The smallest absolute Gasteiger partial charge is 0.407 e. The van der Waals surface area contributed by atoms with E-state index in [0.29, 0.717) is 38.0 Å². The molecular formula is C29H39FN2O5Si. The van der Waals surface area contributed by atoms with Gasteiger partial charge in [0.1, 0.15) is 18.2 Å². The van der Waals surface area contributed by atoms with E-state index in [4.69, 9.17) is 13.7 Å². The summed E-state index contributed by atoms with van der Waals surface area (Å²) in [7, 11) is -2.03. The maximum absolute atomic E-state index is 13.3. The number of hydrogen-bond donors (Lipinski definition) is 1. The van der Waals surface area contributed by atoms with Gasteiger partial charge in [0.2, 0.25) is 0 Å². The average Bonchev–Trinajstić information content (AvgIpc) is 3.28. The van der Waals surface area contributed by atoms with Crippen molar-refractivity contribution in [3.8, 4) is 5.75 Å². The first kappa shape index (κ1) is 28.1. The Bertz CT molecular complexity index is 1240. The number of amides is 1. The van der Waals surface area contributed by atoms with Crippen LogP contribution < -0.4 is 4.74 Å². The fraction of sp³-hybridized carbons (Fsp3) is 0.517. The van der Waals surface area contributed by atoms with Crippen LogP contribution in [0, 0.1) is 11.7 Å². The molecule has 0 aliphatic carbocycles. The summed E-state index contributed by atoms with van der Waals surface area (Å²) in [5.74, 6) is 0.765. The predicted octanol–water partition coefficient (Wildman–Crippen LogP) is 7.39. The molecule has 1 aromatic heterocycles. The third-order valence-corrected chi connectivity index (χ3v) is 12.7. The number of likely N-dealkylation sites (tertiary alicyclic amines) is 1. The van der Waals surface area contributed by atoms with Crippen molar-refractivity contribution in [3.05, 3.63) is 59.0 Å². The number of hydrogen-bond acceptors (Lipinski definition) is 5. The van der Waals surface area contributed by atoms with Crippen molar-refractivity contribution >= 4 is 25.4 Å². The molecule has 2 aromatic carbocycles. The van der Waals surface area contributed by atoms with E-state index < -0.39 is 14.4 Å². The van der Waals surface area contributed by atoms with Crippen molar-refractivity contribution in [2.24, 2.45) is 5.92 Å². The van der Waals surface area contributed by atoms with Crippen molar-refractivity contribution in [1.82, 2.24) is 10.1 Å². The predicted molar refractivity (Wildman–Crippen MR) is 147 cm³/mol. The summed E-state index contributed by atoms with van der Waals surface area (Å²) in [5.41, 5.74) is 3.52. The molecule has 1 fully saturated rings. The Kier molecular flexibility index (Phi) is 8.47. The van der Waals surface area contributed by atoms with Crippen LogP contribution in [0.25, 0.3) is 11.0 Å². The summed E-state index contributed by atoms with van der Waals surface area (Å²) in [6, 6.07) is 10.1. The van der Waals surface area contributed by atoms with Gasteiger partial charge in [-0.1, -0.05) is 32.0 Å². The number of halogens is 1. The lowest BCUT2D eigenvalue weighted by molar-refractivity contribution is 0.123. The van der Waals surface area contributed by atoms with E-state index in [1.54, 1.807) is 12.1 Å². The SMILES string of the molecule is CC(C)(C)[Si](C)(C)OCc1c(COc2ccc(F)cc2)ccc2c(CCC3CCN(C(=O)O)CC3)noc12. The van der Waals surface area contributed by atoms with E-state index >= 15 is 0 Å². The third-order valence-electron chi connectivity index (χ3n) is 8.18. The van der Waals surface area contributed by atoms with E-state index in [2.05, 4.69) is 39.0 Å². The molecule has 7 nitrogen and oxygen atoms in total. The Hall–Kier alpha value is -2.91. The van der Waals surface area contributed by atoms with Gasteiger partial charge in [0.25, 0.3) is 0 Å². The molecule has 0 unspecified atom stereocenters. The molecule has 1 aliphatic rings. The van der Waals surface area contributed by atoms with Gasteiger partial charge in [0, 0.05) is 24.0 Å². The monoisotopic (exact) mass is 542 g/mol. The molecule has 1 amide bonds. The number of nitrogens with zero attached hydrogens (tertiary/aromatic N) is 2. The number of carbonyl (C=O) groups is 1. The zero-order chi connectivity index (χ0) is 27.5. The van der Waals surface area contributed by atoms with Gasteiger partial charge in [0.05, 0.1) is 12.3 Å². The van der Waals surface area contributed by atoms with Crippen molar-refractivity contribution in [2.75, 3.05) is 13.1 Å². The summed E-state index contributed by atoms with van der Waals surface area (Å²) in [4.78, 5) is 12.7. The Morgan fingerprint density at radius 2 is 1.82 bits per heavy atom. The number of piperidine rings is 1. The number of benzene rings is 2. The van der Waals surface area contributed by atoms with Crippen molar-refractivity contribution < 1.29 is 28.0 Å². The van der Waals surface area contributed by atoms with E-state index in [1.807, 2.05) is 12.1 Å². The van der Waals surface area contributed by atoms with Crippen LogP contribution in [0.4, 0.5) is 9.18 Å². The van der Waals surface area contributed by atoms with E-state index in [1.165, 1.54) is 17.0 Å². The largest absolute Gasteiger partial charge is 0.489 e. The molecule has 1 N–H and O–H groups in total. The highest BCUT2D eigenvalue weighted by atomic mass is 28.4. The first-order chi connectivity index (χ1) is 17.9. The maximum Gasteiger partial charge on any atom is 0.407 e. The highest BCUT2D eigenvalue weighted by molar-refractivity contribution is 6.74. The summed E-state index contributed by atoms with van der Waals surface area (Å²) in [6.07, 6.45) is 2.63. The van der Waals surface area contributed by atoms with Gasteiger partial charge in [-0.2, -0.15) is 0 Å². The van der Waals surface area contributed by atoms with Gasteiger partial charge in [-0.3, -0.25) is 0 Å². The zero-order valence-corrected chi connectivity index (χ0v) is 24.1. The molecule has 3 aromatic rings. The van der Waals surface area contributed by atoms with Crippen LogP contribution in [-0.2, 0) is 24.1 Å². The van der Waals surface area contributed by atoms with Crippen molar-refractivity contribution in [1.29, 1.82) is 0 Å². The van der Waals surface area contributed by atoms with Gasteiger partial charge in [-0.15, -0.1) is 0 Å². The Balaban J connectivity index is 1.53. The summed E-state index contributed by atoms with van der Waals surface area (Å²) in [6.45, 7) is 13.0. The highest BCUT2D eigenvalue weighted by Gasteiger charge is 2.37. The standard InChI is InChI=1S/C29H39FN2O5Si/c1-29(2,3)38(4,5)36-19-25-21(18-35-23-10-8-22(30)9-11-23)7-12-24-26(31-37-27(24)25)13-6-20-14-16-32(17-15-20)28(33)34/h7-12,20H,6,13-19H2,1-5H3,(H,33,34). The molecule has 9 heteroatoms. The first-order valence-electron chi connectivity index (χ1n) is 13.3. The van der Waals surface area contributed by atoms with Gasteiger partial charge < -0.3 is 23.7 Å². The average molecular weight is 543 g/mol. The molecule has 1 aliphatic heterocycles. The van der Waals surface area contributed by atoms with Crippen molar-refractivity contribution in [3.63, 3.8) is 0 Å². The van der Waals surface area contributed by atoms with Crippen LogP contribution >= 0.6 is 0 Å². The Labute approximate surface area is 225 Å². The molecular weight excluding hydrogens is 503 g/mol. The Morgan fingerprint density at radius 3 is 2.45 bits per heavy atom. The van der Waals surface area contributed by atoms with E-state index in [0.717, 1.165) is 53.5 Å². The molecule has 0 spiro atoms. The minimum absolute atomic E-state index is 0.0639. The van der Waals surface area contributed by atoms with Gasteiger partial charge >= 0.3 is 6.09 Å². The van der Waals surface area contributed by atoms with Gasteiger partial charge in [0.15, 0.2) is 13.9 Å². The molecule has 206 valence electrons. The molecule has 1 saturated heterocycles.